The maximum absolute atomic E-state index is 14.3. The molecule has 10 fully saturated rings. The zero-order valence-corrected chi connectivity index (χ0v) is 80.6. The van der Waals surface area contributed by atoms with Crippen molar-refractivity contribution in [2.75, 3.05) is 19.5 Å². The number of epoxide rings is 1. The molecule has 4 unspecified atom stereocenters. The molecule has 12 aliphatic carbocycles. The summed E-state index contributed by atoms with van der Waals surface area (Å²) in [5.41, 5.74) is 0.920. The van der Waals surface area contributed by atoms with E-state index in [1.807, 2.05) is 32.9 Å². The standard InChI is InChI=1S/C36H54O5S.C30H42O4S.C30H50O3.C5H10O.CH4O.CH4.Mg.7H2.2H/c1-8-36(39)19-18-34(6)24(21-36)14-15-26-28-17-16-27(35(28,7)22-29(37)32(26)34)23(2)30(20-31(38)33(3,4)5)42(40,41)25-12-10-9-11-13-25;1-5-30(32)16-15-28(3)21(17-30)11-12-23-25-14-13-24(29(25,4)18-26(31)27(23)28)20(2)19-35(33,34)22-9-7-6-8-10-22;1-8-30(33)16-15-28(6)20(17-30)10-11-21-23-13-12-22(29(23,7)18-24(31)26(21)28)19(2)9-14-25(32)27(3,4)5;1-4(2)5-3-6-5;1-2;;;;;;;;;;;/h9-14,23,26-28,30-32,38-39H,8,15-22H2,1-7H3;6-11,20,23-25,27,32H,5,12-19H2,1-4H3;10,19,21-23,25-26,32-33H,8-9,11-18H2,1-7H3;4-5H,3H2,1-2H3;2H,1H3;1H4;;7*1H;;/q;;;;;;+2;;;;;;;;2*-1/t23-,26-,27+,28-,30?,31?,32+,34-,35+,36-;20-,23+,24-,25+,27-,28+,29-,30+;19-,21+,22-,23+,25?,26-,28+,29-,30+;;;;;;;;;;;;;/m011............./s1/i;;;;;;;6*1+1D;1+1;;. The van der Waals surface area contributed by atoms with Gasteiger partial charge in [-0.05, 0) is 299 Å². The Hall–Kier alpha value is -2.94. The second kappa shape index (κ2) is 37.6. The van der Waals surface area contributed by atoms with Crippen LogP contribution in [0.25, 0.3) is 0 Å². The summed E-state index contributed by atoms with van der Waals surface area (Å²) in [6.07, 6.45) is 29.4. The van der Waals surface area contributed by atoms with Gasteiger partial charge < -0.3 is 38.2 Å². The van der Waals surface area contributed by atoms with Crippen molar-refractivity contribution in [1.29, 1.82) is 0 Å². The zero-order valence-electron chi connectivity index (χ0n) is 91.5. The fraction of sp³-hybridized carbons (Fsp3) is 0.796. The van der Waals surface area contributed by atoms with Crippen molar-refractivity contribution in [1.82, 2.24) is 0 Å². The van der Waals surface area contributed by atoms with Gasteiger partial charge in [-0.2, -0.15) is 0 Å². The van der Waals surface area contributed by atoms with Crippen LogP contribution < -0.4 is 0 Å². The van der Waals surface area contributed by atoms with Gasteiger partial charge in [-0.25, -0.2) is 16.8 Å². The smallest absolute Gasteiger partial charge is 1.00 e. The van der Waals surface area contributed by atoms with Crippen molar-refractivity contribution < 1.29 is 88.7 Å². The van der Waals surface area contributed by atoms with Gasteiger partial charge in [0.15, 0.2) is 19.7 Å². The van der Waals surface area contributed by atoms with E-state index in [-0.39, 0.29) is 138 Å². The first-order valence-electron chi connectivity index (χ1n) is 52.8. The quantitative estimate of drug-likeness (QED) is 0.0461. The van der Waals surface area contributed by atoms with Crippen LogP contribution in [0.1, 0.15) is 341 Å². The third kappa shape index (κ3) is 19.4. The Morgan fingerprint density at radius 2 is 0.825 bits per heavy atom. The molecule has 6 N–H and O–H groups in total. The molecule has 0 aromatic heterocycles. The van der Waals surface area contributed by atoms with Crippen LogP contribution in [0.2, 0.25) is 0 Å². The molecule has 13 aliphatic rings. The van der Waals surface area contributed by atoms with Crippen molar-refractivity contribution in [2.24, 2.45) is 138 Å². The Labute approximate surface area is 766 Å². The molecular weight excluding hydrogens is 1550 g/mol. The minimum absolute atomic E-state index is 0. The number of aliphatic hydroxyl groups is 6. The molecule has 28 atom stereocenters. The summed E-state index contributed by atoms with van der Waals surface area (Å²) >= 11 is 0. The van der Waals surface area contributed by atoms with E-state index in [4.69, 9.17) is 27.7 Å². The number of carbonyl (C=O) groups excluding carboxylic acids is 3. The van der Waals surface area contributed by atoms with Crippen molar-refractivity contribution in [3.8, 4) is 0 Å². The average molecular weight is 1740 g/mol. The van der Waals surface area contributed by atoms with Crippen LogP contribution in [0.5, 0.6) is 0 Å². The zero-order chi connectivity index (χ0) is 99.1. The van der Waals surface area contributed by atoms with Crippen molar-refractivity contribution >= 4 is 60.1 Å². The fourth-order valence-corrected chi connectivity index (χ4v) is 32.1. The number of aliphatic hydroxyl groups excluding tert-OH is 3. The Bertz CT molecular complexity index is 4260. The SMILES string of the molecule is C.CC(C)C1CO1.CC[C@]1(O)CC[C@@]2(C)C(=CC[C@H]3[C@@H]4CC[C@H]([C@H](C)C(CC(O)C(C)(C)C)S(=O)(=O)c5ccccc5)[C@@]4(C)CC(=O)[C@@H]32)C1.CC[C@]1(O)CC[C@@]2(C)C(=CC[C@H]3[C@@H]4CC[C@H]([C@H](C)CCC(O)C(C)(C)C)[C@@]4(C)CC(=O)[C@@H]32)C1.CC[C@]1(O)CC[C@@]2(C)C(=CC[C@H]3[C@@H]4CC[C@H]([C@H](C)CS(=O)(=O)c5ccccc5)[C@@]4(C)CC(=O)[C@@H]32)C1.CO.[2HH].[2H][2H].[2H][2H].[2H][2H].[2H][2H].[2H][2H].[2H][2H].[H-].[H-].[Mg+2]. The largest absolute Gasteiger partial charge is 2.00 e. The molecule has 0 amide bonds. The van der Waals surface area contributed by atoms with Gasteiger partial charge in [0.25, 0.3) is 0 Å². The molecule has 1 aliphatic heterocycles. The van der Waals surface area contributed by atoms with E-state index in [2.05, 4.69) is 136 Å². The number of allylic oxidation sites excluding steroid dienone is 3. The summed E-state index contributed by atoms with van der Waals surface area (Å²) in [6.45, 7) is 44.2. The summed E-state index contributed by atoms with van der Waals surface area (Å²) in [4.78, 5) is 42.8. The van der Waals surface area contributed by atoms with Gasteiger partial charge in [0.1, 0.15) is 17.3 Å². The molecule has 14 nitrogen and oxygen atoms in total. The van der Waals surface area contributed by atoms with E-state index in [0.29, 0.717) is 100 Å². The molecule has 0 spiro atoms. The Kier molecular flexibility index (Phi) is 28.8. The molecule has 1 heterocycles. The normalized spacial score (nSPS) is 40.3. The number of hydrogen-bond donors (Lipinski definition) is 6. The molecule has 120 heavy (non-hydrogen) atoms. The number of sulfone groups is 2. The third-order valence-electron chi connectivity index (χ3n) is 36.1. The maximum atomic E-state index is 14.3. The number of carbonyl (C=O) groups is 3. The first-order chi connectivity index (χ1) is 61.0. The Morgan fingerprint density at radius 3 is 1.15 bits per heavy atom. The maximum Gasteiger partial charge on any atom is 2.00 e. The summed E-state index contributed by atoms with van der Waals surface area (Å²) in [5, 5.41) is 61.1. The van der Waals surface area contributed by atoms with Crippen LogP contribution in [-0.2, 0) is 38.8 Å². The van der Waals surface area contributed by atoms with E-state index in [1.54, 1.807) is 48.5 Å². The predicted octanol–water partition coefficient (Wildman–Crippen LogP) is 22.7. The van der Waals surface area contributed by atoms with Crippen LogP contribution in [0.3, 0.4) is 0 Å². The van der Waals surface area contributed by atoms with E-state index in [1.165, 1.54) is 29.6 Å². The van der Waals surface area contributed by atoms with Crippen molar-refractivity contribution in [2.45, 2.75) is 369 Å². The van der Waals surface area contributed by atoms with Crippen LogP contribution in [0, 0.1) is 138 Å². The number of ether oxygens (including phenoxy) is 1. The number of rotatable bonds is 18. The molecule has 690 valence electrons. The van der Waals surface area contributed by atoms with E-state index >= 15 is 0 Å². The van der Waals surface area contributed by atoms with Crippen LogP contribution >= 0.6 is 0 Å². The van der Waals surface area contributed by atoms with Gasteiger partial charge in [0, 0.05) is 63.4 Å². The number of benzene rings is 2. The molecule has 15 rings (SSSR count). The predicted molar refractivity (Wildman–Crippen MR) is 503 cm³/mol. The van der Waals surface area contributed by atoms with E-state index in [0.717, 1.165) is 148 Å². The summed E-state index contributed by atoms with van der Waals surface area (Å²) in [5.74, 6) is 6.05. The number of ketones is 3. The number of fused-ring (bicyclic) bond motifs is 15. The number of Topliss-reactive ketones (excluding diaryl/α,β-unsaturated/α-hetero) is 3. The Morgan fingerprint density at radius 1 is 0.492 bits per heavy atom. The summed E-state index contributed by atoms with van der Waals surface area (Å²) in [7, 11) is -6.07. The molecule has 2 aromatic rings. The average Bonchev–Trinajstić information content (AvgIpc) is 1.67. The van der Waals surface area contributed by atoms with Crippen LogP contribution in [-0.4, -0.2) is 148 Å². The second-order valence-corrected chi connectivity index (χ2v) is 49.4. The second-order valence-electron chi connectivity index (χ2n) is 45.2. The minimum Gasteiger partial charge on any atom is -1.00 e. The molecular formula is C103H180MgO14S2. The molecule has 17 heteroatoms. The van der Waals surface area contributed by atoms with E-state index < -0.39 is 53.2 Å². The first-order valence-corrected chi connectivity index (χ1v) is 50.0. The molecule has 0 bridgehead atoms. The molecule has 1 saturated heterocycles. The third-order valence-corrected chi connectivity index (χ3v) is 40.4. The van der Waals surface area contributed by atoms with Gasteiger partial charge in [-0.1, -0.05) is 217 Å². The number of hydrogen-bond acceptors (Lipinski definition) is 14. The Balaban J connectivity index is 0.00000179. The van der Waals surface area contributed by atoms with Gasteiger partial charge in [0.2, 0.25) is 0 Å². The first kappa shape index (κ1) is 91.8. The molecule has 2 aromatic carbocycles. The van der Waals surface area contributed by atoms with Gasteiger partial charge in [-0.3, -0.25) is 14.4 Å². The topological polar surface area (TPSA) is 253 Å². The van der Waals surface area contributed by atoms with Gasteiger partial charge in [0.05, 0.1) is 62.5 Å². The van der Waals surface area contributed by atoms with Crippen molar-refractivity contribution in [3.63, 3.8) is 0 Å². The van der Waals surface area contributed by atoms with E-state index in [9.17, 15) is 56.8 Å². The molecule has 0 radical (unpaired) electrons. The van der Waals surface area contributed by atoms with Gasteiger partial charge in [-0.15, -0.1) is 0 Å². The summed E-state index contributed by atoms with van der Waals surface area (Å²) < 4.78 is 120. The molecule has 9 saturated carbocycles. The van der Waals surface area contributed by atoms with Gasteiger partial charge >= 0.3 is 23.1 Å². The van der Waals surface area contributed by atoms with Crippen LogP contribution in [0.15, 0.2) is 105 Å². The minimum atomic E-state index is -3.71. The van der Waals surface area contributed by atoms with Crippen LogP contribution in [0.4, 0.5) is 0 Å². The fourth-order valence-electron chi connectivity index (χ4n) is 28.3. The summed E-state index contributed by atoms with van der Waals surface area (Å²) in [6, 6.07) is 17.5. The monoisotopic (exact) mass is 1740 g/mol. The van der Waals surface area contributed by atoms with Crippen molar-refractivity contribution in [3.05, 3.63) is 95.6 Å².